The number of hydrogen-bond acceptors (Lipinski definition) is 3. The highest BCUT2D eigenvalue weighted by Gasteiger charge is 2.37. The summed E-state index contributed by atoms with van der Waals surface area (Å²) in [5.41, 5.74) is 0. The highest BCUT2D eigenvalue weighted by Crippen LogP contribution is 2.23. The average Bonchev–Trinajstić information content (AvgIpc) is 2.74. The van der Waals surface area contributed by atoms with E-state index in [2.05, 4.69) is 5.32 Å². The minimum Gasteiger partial charge on any atom is -0.481 e. The molecule has 2 heterocycles. The van der Waals surface area contributed by atoms with Crippen LogP contribution in [-0.2, 0) is 15.6 Å². The molecular formula is C12H20N2O4S. The van der Waals surface area contributed by atoms with Crippen molar-refractivity contribution >= 4 is 22.8 Å². The zero-order chi connectivity index (χ0) is 14.0. The zero-order valence-corrected chi connectivity index (χ0v) is 11.8. The van der Waals surface area contributed by atoms with Crippen LogP contribution in [0, 0.1) is 11.8 Å². The van der Waals surface area contributed by atoms with Gasteiger partial charge in [0.2, 0.25) is 0 Å². The molecule has 0 aliphatic carbocycles. The summed E-state index contributed by atoms with van der Waals surface area (Å²) in [6, 6.07) is -0.113. The summed E-state index contributed by atoms with van der Waals surface area (Å²) in [6.07, 6.45) is 1.48. The van der Waals surface area contributed by atoms with Crippen LogP contribution in [0.4, 0.5) is 4.79 Å². The van der Waals surface area contributed by atoms with Gasteiger partial charge in [0.15, 0.2) is 0 Å². The maximum atomic E-state index is 12.1. The number of carboxylic acid groups (broad SMARTS) is 1. The van der Waals surface area contributed by atoms with Crippen LogP contribution in [0.5, 0.6) is 0 Å². The standard InChI is InChI=1S/C12H20N2O4S/c1-8-6-14(7-10(8)11(15)16)12(17)13-9-2-4-19(18)5-3-9/h8-10H,2-7H2,1H3,(H,13,17)(H,15,16)/t8-,9?,10-,19?/m1/s1. The first-order chi connectivity index (χ1) is 8.97. The number of hydrogen-bond donors (Lipinski definition) is 2. The van der Waals surface area contributed by atoms with Gasteiger partial charge in [-0.05, 0) is 18.8 Å². The Hall–Kier alpha value is -1.11. The molecule has 0 aromatic rings. The molecule has 0 bridgehead atoms. The molecule has 2 saturated heterocycles. The number of carbonyl (C=O) groups is 2. The highest BCUT2D eigenvalue weighted by molar-refractivity contribution is 7.85. The van der Waals surface area contributed by atoms with E-state index in [-0.39, 0.29) is 24.5 Å². The van der Waals surface area contributed by atoms with Crippen LogP contribution < -0.4 is 5.32 Å². The molecule has 0 spiro atoms. The molecule has 6 nitrogen and oxygen atoms in total. The molecule has 108 valence electrons. The van der Waals surface area contributed by atoms with E-state index < -0.39 is 22.7 Å². The Morgan fingerprint density at radius 2 is 1.89 bits per heavy atom. The number of aliphatic carboxylic acids is 1. The minimum absolute atomic E-state index is 0.0119. The smallest absolute Gasteiger partial charge is 0.317 e. The fourth-order valence-corrected chi connectivity index (χ4v) is 3.96. The number of nitrogens with zero attached hydrogens (tertiary/aromatic N) is 1. The number of carbonyl (C=O) groups excluding carboxylic acids is 1. The number of nitrogens with one attached hydrogen (secondary N) is 1. The number of urea groups is 1. The van der Waals surface area contributed by atoms with Gasteiger partial charge in [-0.25, -0.2) is 4.79 Å². The van der Waals surface area contributed by atoms with Crippen molar-refractivity contribution < 1.29 is 18.9 Å². The lowest BCUT2D eigenvalue weighted by Gasteiger charge is -2.25. The number of rotatable bonds is 2. The van der Waals surface area contributed by atoms with E-state index in [1.165, 1.54) is 0 Å². The van der Waals surface area contributed by atoms with Crippen molar-refractivity contribution in [3.63, 3.8) is 0 Å². The molecule has 19 heavy (non-hydrogen) atoms. The van der Waals surface area contributed by atoms with Crippen molar-refractivity contribution in [2.45, 2.75) is 25.8 Å². The zero-order valence-electron chi connectivity index (χ0n) is 11.0. The van der Waals surface area contributed by atoms with Crippen LogP contribution in [0.2, 0.25) is 0 Å². The minimum atomic E-state index is -0.837. The van der Waals surface area contributed by atoms with Crippen molar-refractivity contribution in [2.24, 2.45) is 11.8 Å². The molecule has 2 fully saturated rings. The summed E-state index contributed by atoms with van der Waals surface area (Å²) in [5, 5.41) is 12.0. The Balaban J connectivity index is 1.84. The normalized spacial score (nSPS) is 35.1. The van der Waals surface area contributed by atoms with Crippen LogP contribution in [0.3, 0.4) is 0 Å². The lowest BCUT2D eigenvalue weighted by molar-refractivity contribution is -0.142. The van der Waals surface area contributed by atoms with Gasteiger partial charge in [-0.3, -0.25) is 9.00 Å². The summed E-state index contributed by atoms with van der Waals surface area (Å²) < 4.78 is 11.2. The van der Waals surface area contributed by atoms with Crippen LogP contribution in [-0.4, -0.2) is 56.9 Å². The van der Waals surface area contributed by atoms with E-state index in [0.29, 0.717) is 18.1 Å². The van der Waals surface area contributed by atoms with Crippen molar-refractivity contribution in [1.82, 2.24) is 10.2 Å². The van der Waals surface area contributed by atoms with Gasteiger partial charge < -0.3 is 15.3 Å². The van der Waals surface area contributed by atoms with E-state index in [1.54, 1.807) is 4.90 Å². The molecule has 2 aliphatic rings. The Bertz CT molecular complexity index is 391. The first kappa shape index (κ1) is 14.3. The maximum absolute atomic E-state index is 12.1. The maximum Gasteiger partial charge on any atom is 0.317 e. The Kier molecular flexibility index (Phi) is 4.44. The lowest BCUT2D eigenvalue weighted by Crippen LogP contribution is -2.46. The lowest BCUT2D eigenvalue weighted by atomic mass is 9.99. The molecule has 2 atom stereocenters. The summed E-state index contributed by atoms with van der Waals surface area (Å²) in [6.45, 7) is 2.62. The van der Waals surface area contributed by atoms with E-state index in [9.17, 15) is 13.8 Å². The van der Waals surface area contributed by atoms with Gasteiger partial charge in [-0.15, -0.1) is 0 Å². The molecular weight excluding hydrogens is 268 g/mol. The van der Waals surface area contributed by atoms with Gasteiger partial charge in [0.1, 0.15) is 0 Å². The summed E-state index contributed by atoms with van der Waals surface area (Å²) in [5.74, 6) is -0.0411. The summed E-state index contributed by atoms with van der Waals surface area (Å²) in [7, 11) is -0.738. The SMILES string of the molecule is C[C@@H]1CN(C(=O)NC2CCS(=O)CC2)C[C@H]1C(=O)O. The molecule has 2 amide bonds. The van der Waals surface area contributed by atoms with Crippen molar-refractivity contribution in [3.05, 3.63) is 0 Å². The molecule has 2 aliphatic heterocycles. The van der Waals surface area contributed by atoms with Crippen molar-refractivity contribution in [1.29, 1.82) is 0 Å². The second kappa shape index (κ2) is 5.90. The van der Waals surface area contributed by atoms with Gasteiger partial charge in [0, 0.05) is 41.4 Å². The van der Waals surface area contributed by atoms with E-state index in [1.807, 2.05) is 6.92 Å². The molecule has 2 N–H and O–H groups in total. The number of amides is 2. The second-order valence-corrected chi connectivity index (χ2v) is 7.09. The molecule has 7 heteroatoms. The van der Waals surface area contributed by atoms with E-state index >= 15 is 0 Å². The third-order valence-electron chi connectivity index (χ3n) is 3.93. The molecule has 0 unspecified atom stereocenters. The predicted molar refractivity (Wildman–Crippen MR) is 71.3 cm³/mol. The third kappa shape index (κ3) is 3.46. The van der Waals surface area contributed by atoms with Crippen LogP contribution >= 0.6 is 0 Å². The van der Waals surface area contributed by atoms with Crippen LogP contribution in [0.15, 0.2) is 0 Å². The molecule has 0 aromatic carbocycles. The number of likely N-dealkylation sites (tertiary alicyclic amines) is 1. The Morgan fingerprint density at radius 1 is 1.26 bits per heavy atom. The van der Waals surface area contributed by atoms with Gasteiger partial charge >= 0.3 is 12.0 Å². The van der Waals surface area contributed by atoms with Crippen LogP contribution in [0.25, 0.3) is 0 Å². The predicted octanol–water partition coefficient (Wildman–Crippen LogP) is 0.260. The second-order valence-electron chi connectivity index (χ2n) is 5.40. The molecule has 0 radical (unpaired) electrons. The van der Waals surface area contributed by atoms with Gasteiger partial charge in [-0.2, -0.15) is 0 Å². The molecule has 0 aromatic heterocycles. The van der Waals surface area contributed by atoms with Crippen LogP contribution in [0.1, 0.15) is 19.8 Å². The first-order valence-corrected chi connectivity index (χ1v) is 8.09. The van der Waals surface area contributed by atoms with Gasteiger partial charge in [0.25, 0.3) is 0 Å². The fourth-order valence-electron chi connectivity index (χ4n) is 2.66. The molecule has 0 saturated carbocycles. The largest absolute Gasteiger partial charge is 0.481 e. The highest BCUT2D eigenvalue weighted by atomic mass is 32.2. The summed E-state index contributed by atoms with van der Waals surface area (Å²) >= 11 is 0. The number of carboxylic acids is 1. The average molecular weight is 288 g/mol. The quantitative estimate of drug-likeness (QED) is 0.763. The topological polar surface area (TPSA) is 86.7 Å². The van der Waals surface area contributed by atoms with Crippen molar-refractivity contribution in [2.75, 3.05) is 24.6 Å². The fraction of sp³-hybridized carbons (Fsp3) is 0.833. The Morgan fingerprint density at radius 3 is 2.42 bits per heavy atom. The monoisotopic (exact) mass is 288 g/mol. The van der Waals surface area contributed by atoms with E-state index in [4.69, 9.17) is 5.11 Å². The van der Waals surface area contributed by atoms with Crippen molar-refractivity contribution in [3.8, 4) is 0 Å². The Labute approximate surface area is 115 Å². The van der Waals surface area contributed by atoms with Gasteiger partial charge in [0.05, 0.1) is 5.92 Å². The third-order valence-corrected chi connectivity index (χ3v) is 5.31. The van der Waals surface area contributed by atoms with E-state index in [0.717, 1.165) is 12.8 Å². The van der Waals surface area contributed by atoms with Gasteiger partial charge in [-0.1, -0.05) is 6.92 Å². The molecule has 2 rings (SSSR count). The first-order valence-electron chi connectivity index (χ1n) is 6.60. The summed E-state index contributed by atoms with van der Waals surface area (Å²) in [4.78, 5) is 24.6.